The average molecular weight is 127 g/mol. The quantitative estimate of drug-likeness (QED) is 0.558. The van der Waals surface area contributed by atoms with Gasteiger partial charge in [0, 0.05) is 6.54 Å². The van der Waals surface area contributed by atoms with Crippen molar-refractivity contribution in [2.24, 2.45) is 5.73 Å². The highest BCUT2D eigenvalue weighted by atomic mass is 15.1. The average Bonchev–Trinajstić information content (AvgIpc) is 1.63. The van der Waals surface area contributed by atoms with E-state index in [-0.39, 0.29) is 0 Å². The zero-order chi connectivity index (χ0) is 7.49. The van der Waals surface area contributed by atoms with Crippen LogP contribution in [0.1, 0.15) is 6.92 Å². The maximum absolute atomic E-state index is 8.44. The molecule has 0 amide bonds. The molecule has 52 valence electrons. The third-order valence-corrected chi connectivity index (χ3v) is 0.900. The van der Waals surface area contributed by atoms with Crippen LogP contribution in [0, 0.1) is 11.3 Å². The second kappa shape index (κ2) is 2.81. The molecule has 9 heavy (non-hydrogen) atoms. The minimum Gasteiger partial charge on any atom is -0.313 e. The molecule has 0 aliphatic rings. The Labute approximate surface area is 56.1 Å². The Hall–Kier alpha value is -0.590. The molecule has 0 heterocycles. The fraction of sp³-hybridized carbons (Fsp3) is 0.833. The number of nitrogens with two attached hydrogens (primary N) is 1. The summed E-state index contributed by atoms with van der Waals surface area (Å²) >= 11 is 0. The van der Waals surface area contributed by atoms with E-state index in [1.165, 1.54) is 0 Å². The first kappa shape index (κ1) is 8.41. The zero-order valence-electron chi connectivity index (χ0n) is 6.18. The third kappa shape index (κ3) is 3.95. The van der Waals surface area contributed by atoms with Gasteiger partial charge in [0.25, 0.3) is 0 Å². The van der Waals surface area contributed by atoms with Crippen molar-refractivity contribution >= 4 is 0 Å². The van der Waals surface area contributed by atoms with E-state index >= 15 is 0 Å². The van der Waals surface area contributed by atoms with Crippen molar-refractivity contribution in [1.82, 2.24) is 4.90 Å². The van der Waals surface area contributed by atoms with Gasteiger partial charge < -0.3 is 10.6 Å². The van der Waals surface area contributed by atoms with E-state index < -0.39 is 5.54 Å². The summed E-state index contributed by atoms with van der Waals surface area (Å²) in [7, 11) is 3.78. The lowest BCUT2D eigenvalue weighted by molar-refractivity contribution is 0.344. The van der Waals surface area contributed by atoms with Gasteiger partial charge in [-0.2, -0.15) is 5.26 Å². The Morgan fingerprint density at radius 2 is 2.11 bits per heavy atom. The number of rotatable bonds is 2. The van der Waals surface area contributed by atoms with Crippen LogP contribution in [0.4, 0.5) is 0 Å². The van der Waals surface area contributed by atoms with Crippen LogP contribution in [0.2, 0.25) is 0 Å². The molecular weight excluding hydrogens is 114 g/mol. The summed E-state index contributed by atoms with van der Waals surface area (Å²) in [6, 6.07) is 2.01. The van der Waals surface area contributed by atoms with E-state index in [0.29, 0.717) is 6.54 Å². The fourth-order valence-electron chi connectivity index (χ4n) is 0.692. The molecular formula is C6H13N3. The minimum atomic E-state index is -0.705. The van der Waals surface area contributed by atoms with E-state index in [0.717, 1.165) is 0 Å². The SMILES string of the molecule is CN(C)C[C@](C)(N)C#N. The summed E-state index contributed by atoms with van der Waals surface area (Å²) in [6.45, 7) is 2.32. The van der Waals surface area contributed by atoms with Gasteiger partial charge in [-0.3, -0.25) is 0 Å². The molecule has 0 aliphatic carbocycles. The summed E-state index contributed by atoms with van der Waals surface area (Å²) < 4.78 is 0. The smallest absolute Gasteiger partial charge is 0.114 e. The lowest BCUT2D eigenvalue weighted by Crippen LogP contribution is -2.44. The van der Waals surface area contributed by atoms with Crippen LogP contribution >= 0.6 is 0 Å². The van der Waals surface area contributed by atoms with Crippen molar-refractivity contribution in [3.05, 3.63) is 0 Å². The molecule has 0 aromatic rings. The van der Waals surface area contributed by atoms with Gasteiger partial charge in [-0.15, -0.1) is 0 Å². The molecule has 0 aliphatic heterocycles. The Morgan fingerprint density at radius 1 is 1.67 bits per heavy atom. The van der Waals surface area contributed by atoms with Crippen molar-refractivity contribution in [3.63, 3.8) is 0 Å². The molecule has 0 aromatic carbocycles. The predicted molar refractivity (Wildman–Crippen MR) is 36.8 cm³/mol. The highest BCUT2D eigenvalue weighted by Gasteiger charge is 2.17. The first-order valence-electron chi connectivity index (χ1n) is 2.83. The van der Waals surface area contributed by atoms with Crippen molar-refractivity contribution in [2.45, 2.75) is 12.5 Å². The summed E-state index contributed by atoms with van der Waals surface area (Å²) in [5.41, 5.74) is 4.81. The van der Waals surface area contributed by atoms with Crippen molar-refractivity contribution in [3.8, 4) is 6.07 Å². The molecule has 0 aromatic heterocycles. The number of likely N-dealkylation sites (N-methyl/N-ethyl adjacent to an activating group) is 1. The predicted octanol–water partition coefficient (Wildman–Crippen LogP) is -0.211. The Bertz CT molecular complexity index is 121. The van der Waals surface area contributed by atoms with Gasteiger partial charge in [-0.25, -0.2) is 0 Å². The van der Waals surface area contributed by atoms with E-state index in [4.69, 9.17) is 11.0 Å². The fourth-order valence-corrected chi connectivity index (χ4v) is 0.692. The maximum Gasteiger partial charge on any atom is 0.114 e. The first-order valence-corrected chi connectivity index (χ1v) is 2.83. The van der Waals surface area contributed by atoms with Crippen LogP contribution in [0.15, 0.2) is 0 Å². The third-order valence-electron chi connectivity index (χ3n) is 0.900. The largest absolute Gasteiger partial charge is 0.313 e. The molecule has 0 saturated carbocycles. The summed E-state index contributed by atoms with van der Waals surface area (Å²) in [4.78, 5) is 1.89. The molecule has 3 heteroatoms. The number of hydrogen-bond donors (Lipinski definition) is 1. The molecule has 1 atom stereocenters. The lowest BCUT2D eigenvalue weighted by atomic mass is 10.1. The second-order valence-electron chi connectivity index (χ2n) is 2.77. The van der Waals surface area contributed by atoms with Crippen LogP contribution in [-0.2, 0) is 0 Å². The molecule has 3 nitrogen and oxygen atoms in total. The standard InChI is InChI=1S/C6H13N3/c1-6(8,4-7)5-9(2)3/h5,8H2,1-3H3/t6-/m1/s1. The Kier molecular flexibility index (Phi) is 2.63. The number of nitriles is 1. The Balaban J connectivity index is 3.76. The van der Waals surface area contributed by atoms with Gasteiger partial charge in [0.2, 0.25) is 0 Å². The minimum absolute atomic E-state index is 0.601. The van der Waals surface area contributed by atoms with Crippen LogP contribution in [-0.4, -0.2) is 31.1 Å². The maximum atomic E-state index is 8.44. The van der Waals surface area contributed by atoms with Crippen LogP contribution in [0.3, 0.4) is 0 Å². The zero-order valence-corrected chi connectivity index (χ0v) is 6.18. The highest BCUT2D eigenvalue weighted by molar-refractivity contribution is 5.02. The number of nitrogens with zero attached hydrogens (tertiary/aromatic N) is 2. The van der Waals surface area contributed by atoms with Crippen LogP contribution in [0.5, 0.6) is 0 Å². The molecule has 0 fully saturated rings. The van der Waals surface area contributed by atoms with Gasteiger partial charge >= 0.3 is 0 Å². The molecule has 0 unspecified atom stereocenters. The summed E-state index contributed by atoms with van der Waals surface area (Å²) in [5, 5.41) is 8.44. The van der Waals surface area contributed by atoms with Crippen LogP contribution < -0.4 is 5.73 Å². The van der Waals surface area contributed by atoms with E-state index in [1.54, 1.807) is 6.92 Å². The molecule has 0 radical (unpaired) electrons. The van der Waals surface area contributed by atoms with E-state index in [9.17, 15) is 0 Å². The van der Waals surface area contributed by atoms with E-state index in [1.807, 2.05) is 25.1 Å². The second-order valence-corrected chi connectivity index (χ2v) is 2.77. The van der Waals surface area contributed by atoms with Gasteiger partial charge in [-0.1, -0.05) is 0 Å². The van der Waals surface area contributed by atoms with Gasteiger partial charge in [0.15, 0.2) is 0 Å². The lowest BCUT2D eigenvalue weighted by Gasteiger charge is -2.19. The topological polar surface area (TPSA) is 53.0 Å². The van der Waals surface area contributed by atoms with Crippen molar-refractivity contribution in [2.75, 3.05) is 20.6 Å². The van der Waals surface area contributed by atoms with Gasteiger partial charge in [0.05, 0.1) is 6.07 Å². The van der Waals surface area contributed by atoms with E-state index in [2.05, 4.69) is 0 Å². The van der Waals surface area contributed by atoms with Crippen LogP contribution in [0.25, 0.3) is 0 Å². The van der Waals surface area contributed by atoms with Crippen molar-refractivity contribution < 1.29 is 0 Å². The molecule has 0 saturated heterocycles. The highest BCUT2D eigenvalue weighted by Crippen LogP contribution is 1.96. The molecule has 0 bridgehead atoms. The number of hydrogen-bond acceptors (Lipinski definition) is 3. The Morgan fingerprint density at radius 3 is 2.22 bits per heavy atom. The normalized spacial score (nSPS) is 16.9. The first-order chi connectivity index (χ1) is 3.98. The van der Waals surface area contributed by atoms with Gasteiger partial charge in [0.1, 0.15) is 5.54 Å². The monoisotopic (exact) mass is 127 g/mol. The molecule has 0 spiro atoms. The molecule has 2 N–H and O–H groups in total. The summed E-state index contributed by atoms with van der Waals surface area (Å²) in [6.07, 6.45) is 0. The van der Waals surface area contributed by atoms with Gasteiger partial charge in [-0.05, 0) is 21.0 Å². The molecule has 0 rings (SSSR count). The van der Waals surface area contributed by atoms with Crippen molar-refractivity contribution in [1.29, 1.82) is 5.26 Å². The summed E-state index contributed by atoms with van der Waals surface area (Å²) in [5.74, 6) is 0.